The molecule has 6 heteroatoms. The zero-order chi connectivity index (χ0) is 15.0. The molecule has 1 N–H and O–H groups in total. The van der Waals surface area contributed by atoms with Crippen LogP contribution in [0.15, 0.2) is 17.5 Å². The van der Waals surface area contributed by atoms with Gasteiger partial charge in [-0.2, -0.15) is 0 Å². The van der Waals surface area contributed by atoms with Crippen molar-refractivity contribution in [3.8, 4) is 0 Å². The van der Waals surface area contributed by atoms with E-state index in [9.17, 15) is 9.59 Å². The van der Waals surface area contributed by atoms with Crippen molar-refractivity contribution in [1.29, 1.82) is 0 Å². The second-order valence-electron chi connectivity index (χ2n) is 4.89. The molecule has 0 aliphatic heterocycles. The van der Waals surface area contributed by atoms with Crippen LogP contribution < -0.4 is 5.32 Å². The average Bonchev–Trinajstić information content (AvgIpc) is 2.94. The van der Waals surface area contributed by atoms with Gasteiger partial charge in [-0.15, -0.1) is 11.3 Å². The zero-order valence-corrected chi connectivity index (χ0v) is 13.0. The predicted molar refractivity (Wildman–Crippen MR) is 79.9 cm³/mol. The number of amides is 2. The topological polar surface area (TPSA) is 58.6 Å². The van der Waals surface area contributed by atoms with Gasteiger partial charge in [-0.1, -0.05) is 19.9 Å². The number of hydrogen-bond donors (Lipinski definition) is 1. The van der Waals surface area contributed by atoms with Crippen molar-refractivity contribution in [1.82, 2.24) is 10.2 Å². The van der Waals surface area contributed by atoms with E-state index in [0.29, 0.717) is 30.5 Å². The van der Waals surface area contributed by atoms with Crippen molar-refractivity contribution >= 4 is 23.2 Å². The zero-order valence-electron chi connectivity index (χ0n) is 12.2. The first-order valence-corrected chi connectivity index (χ1v) is 7.51. The molecule has 0 aromatic carbocycles. The van der Waals surface area contributed by atoms with Gasteiger partial charge in [-0.25, -0.2) is 0 Å². The van der Waals surface area contributed by atoms with E-state index in [1.54, 1.807) is 18.1 Å². The van der Waals surface area contributed by atoms with Crippen molar-refractivity contribution in [2.45, 2.75) is 13.8 Å². The van der Waals surface area contributed by atoms with Gasteiger partial charge in [0.15, 0.2) is 0 Å². The minimum Gasteiger partial charge on any atom is -0.383 e. The van der Waals surface area contributed by atoms with E-state index in [1.165, 1.54) is 11.3 Å². The Balaban J connectivity index is 2.46. The first-order chi connectivity index (χ1) is 9.54. The van der Waals surface area contributed by atoms with Gasteiger partial charge in [0.25, 0.3) is 5.91 Å². The molecule has 0 saturated heterocycles. The van der Waals surface area contributed by atoms with Crippen LogP contribution in [0.3, 0.4) is 0 Å². The van der Waals surface area contributed by atoms with Gasteiger partial charge in [0.2, 0.25) is 5.91 Å². The van der Waals surface area contributed by atoms with Crippen molar-refractivity contribution in [3.63, 3.8) is 0 Å². The van der Waals surface area contributed by atoms with Crippen LogP contribution in [0, 0.1) is 5.92 Å². The maximum atomic E-state index is 12.1. The highest BCUT2D eigenvalue weighted by Gasteiger charge is 2.16. The van der Waals surface area contributed by atoms with Gasteiger partial charge in [0, 0.05) is 20.2 Å². The van der Waals surface area contributed by atoms with Crippen LogP contribution >= 0.6 is 11.3 Å². The highest BCUT2D eigenvalue weighted by atomic mass is 32.1. The number of rotatable bonds is 8. The van der Waals surface area contributed by atoms with Gasteiger partial charge >= 0.3 is 0 Å². The average molecular weight is 298 g/mol. The fraction of sp³-hybridized carbons (Fsp3) is 0.571. The molecular formula is C14H22N2O3S. The fourth-order valence-electron chi connectivity index (χ4n) is 1.72. The minimum absolute atomic E-state index is 0.0210. The second kappa shape index (κ2) is 8.71. The van der Waals surface area contributed by atoms with E-state index in [4.69, 9.17) is 4.74 Å². The van der Waals surface area contributed by atoms with Crippen molar-refractivity contribution in [2.24, 2.45) is 5.92 Å². The number of carbonyl (C=O) groups is 2. The van der Waals surface area contributed by atoms with Crippen LogP contribution in [-0.4, -0.2) is 50.1 Å². The lowest BCUT2D eigenvalue weighted by atomic mass is 10.2. The maximum absolute atomic E-state index is 12.1. The Hall–Kier alpha value is -1.40. The largest absolute Gasteiger partial charge is 0.383 e. The lowest BCUT2D eigenvalue weighted by Gasteiger charge is -2.24. The molecule has 0 unspecified atom stereocenters. The number of carbonyl (C=O) groups excluding carboxylic acids is 2. The number of nitrogens with zero attached hydrogens (tertiary/aromatic N) is 1. The molecule has 0 atom stereocenters. The smallest absolute Gasteiger partial charge is 0.261 e. The SMILES string of the molecule is COCCN(CC(C)C)C(=O)CNC(=O)c1cccs1. The Morgan fingerprint density at radius 1 is 1.45 bits per heavy atom. The Morgan fingerprint density at radius 3 is 2.75 bits per heavy atom. The van der Waals surface area contributed by atoms with E-state index >= 15 is 0 Å². The molecular weight excluding hydrogens is 276 g/mol. The number of ether oxygens (including phenoxy) is 1. The van der Waals surface area contributed by atoms with E-state index in [0.717, 1.165) is 0 Å². The summed E-state index contributed by atoms with van der Waals surface area (Å²) in [5.74, 6) is 0.0917. The molecule has 0 radical (unpaired) electrons. The van der Waals surface area contributed by atoms with E-state index in [2.05, 4.69) is 19.2 Å². The number of nitrogens with one attached hydrogen (secondary N) is 1. The second-order valence-corrected chi connectivity index (χ2v) is 5.83. The molecule has 1 heterocycles. The number of thiophene rings is 1. The summed E-state index contributed by atoms with van der Waals surface area (Å²) < 4.78 is 5.01. The van der Waals surface area contributed by atoms with Gasteiger partial charge < -0.3 is 15.0 Å². The number of methoxy groups -OCH3 is 1. The van der Waals surface area contributed by atoms with Gasteiger partial charge in [-0.3, -0.25) is 9.59 Å². The first kappa shape index (κ1) is 16.7. The summed E-state index contributed by atoms with van der Waals surface area (Å²) in [6.07, 6.45) is 0. The minimum atomic E-state index is -0.204. The highest BCUT2D eigenvalue weighted by Crippen LogP contribution is 2.07. The normalized spacial score (nSPS) is 10.6. The Kier molecular flexibility index (Phi) is 7.25. The third-order valence-corrected chi connectivity index (χ3v) is 3.52. The van der Waals surface area contributed by atoms with Crippen LogP contribution in [0.1, 0.15) is 23.5 Å². The maximum Gasteiger partial charge on any atom is 0.261 e. The summed E-state index contributed by atoms with van der Waals surface area (Å²) in [4.78, 5) is 26.2. The molecule has 1 aromatic rings. The summed E-state index contributed by atoms with van der Waals surface area (Å²) in [6, 6.07) is 3.55. The lowest BCUT2D eigenvalue weighted by Crippen LogP contribution is -2.43. The summed E-state index contributed by atoms with van der Waals surface area (Å²) in [7, 11) is 1.61. The van der Waals surface area contributed by atoms with Gasteiger partial charge in [0.1, 0.15) is 0 Å². The van der Waals surface area contributed by atoms with Crippen molar-refractivity contribution in [2.75, 3.05) is 33.4 Å². The van der Waals surface area contributed by atoms with E-state index in [-0.39, 0.29) is 18.4 Å². The predicted octanol–water partition coefficient (Wildman–Crippen LogP) is 1.61. The molecule has 112 valence electrons. The quantitative estimate of drug-likeness (QED) is 0.793. The molecule has 0 aliphatic carbocycles. The summed E-state index contributed by atoms with van der Waals surface area (Å²) in [5.41, 5.74) is 0. The Morgan fingerprint density at radius 2 is 2.20 bits per heavy atom. The first-order valence-electron chi connectivity index (χ1n) is 6.63. The monoisotopic (exact) mass is 298 g/mol. The Bertz CT molecular complexity index is 418. The van der Waals surface area contributed by atoms with Crippen LogP contribution in [0.25, 0.3) is 0 Å². The van der Waals surface area contributed by atoms with E-state index < -0.39 is 0 Å². The molecule has 0 bridgehead atoms. The van der Waals surface area contributed by atoms with Crippen LogP contribution in [0.5, 0.6) is 0 Å². The highest BCUT2D eigenvalue weighted by molar-refractivity contribution is 7.12. The molecule has 0 fully saturated rings. The van der Waals surface area contributed by atoms with Crippen molar-refractivity contribution < 1.29 is 14.3 Å². The van der Waals surface area contributed by atoms with Crippen LogP contribution in [0.2, 0.25) is 0 Å². The molecule has 0 spiro atoms. The van der Waals surface area contributed by atoms with Gasteiger partial charge in [-0.05, 0) is 17.4 Å². The number of hydrogen-bond acceptors (Lipinski definition) is 4. The Labute approximate surface area is 123 Å². The third-order valence-electron chi connectivity index (χ3n) is 2.65. The molecule has 5 nitrogen and oxygen atoms in total. The summed E-state index contributed by atoms with van der Waals surface area (Å²) in [5, 5.41) is 4.49. The lowest BCUT2D eigenvalue weighted by molar-refractivity contribution is -0.131. The summed E-state index contributed by atoms with van der Waals surface area (Å²) >= 11 is 1.36. The molecule has 1 aromatic heterocycles. The molecule has 20 heavy (non-hydrogen) atoms. The third kappa shape index (κ3) is 5.71. The fourth-order valence-corrected chi connectivity index (χ4v) is 2.36. The van der Waals surface area contributed by atoms with Crippen LogP contribution in [-0.2, 0) is 9.53 Å². The molecule has 2 amide bonds. The van der Waals surface area contributed by atoms with Gasteiger partial charge in [0.05, 0.1) is 18.0 Å². The summed E-state index contributed by atoms with van der Waals surface area (Å²) in [6.45, 7) is 5.83. The van der Waals surface area contributed by atoms with E-state index in [1.807, 2.05) is 11.4 Å². The molecule has 1 rings (SSSR count). The van der Waals surface area contributed by atoms with Crippen molar-refractivity contribution in [3.05, 3.63) is 22.4 Å². The molecule has 0 aliphatic rings. The standard InChI is InChI=1S/C14H22N2O3S/c1-11(2)10-16(6-7-19-3)13(17)9-15-14(18)12-5-4-8-20-12/h4-5,8,11H,6-7,9-10H2,1-3H3,(H,15,18). The molecule has 0 saturated carbocycles. The van der Waals surface area contributed by atoms with Crippen LogP contribution in [0.4, 0.5) is 0 Å².